The van der Waals surface area contributed by atoms with Gasteiger partial charge in [0.15, 0.2) is 0 Å². The molecule has 0 amide bonds. The van der Waals surface area contributed by atoms with Crippen LogP contribution in [0.2, 0.25) is 0 Å². The largest absolute Gasteiger partial charge is 0.497 e. The Bertz CT molecular complexity index is 564. The van der Waals surface area contributed by atoms with Gasteiger partial charge in [-0.05, 0) is 49.9 Å². The zero-order valence-corrected chi connectivity index (χ0v) is 12.0. The molecule has 0 heterocycles. The number of hydrogen-bond acceptors (Lipinski definition) is 4. The lowest BCUT2D eigenvalue weighted by Crippen LogP contribution is -2.34. The summed E-state index contributed by atoms with van der Waals surface area (Å²) in [7, 11) is -2.03. The molecule has 0 aliphatic heterocycles. The van der Waals surface area contributed by atoms with E-state index >= 15 is 0 Å². The van der Waals surface area contributed by atoms with Gasteiger partial charge in [0.05, 0.1) is 12.0 Å². The highest BCUT2D eigenvalue weighted by molar-refractivity contribution is 7.89. The van der Waals surface area contributed by atoms with Crippen molar-refractivity contribution in [2.45, 2.75) is 36.6 Å². The van der Waals surface area contributed by atoms with E-state index in [1.54, 1.807) is 12.1 Å². The van der Waals surface area contributed by atoms with Crippen molar-refractivity contribution in [2.75, 3.05) is 13.7 Å². The number of hydrogen-bond donors (Lipinski definition) is 2. The van der Waals surface area contributed by atoms with E-state index < -0.39 is 10.0 Å². The number of aliphatic hydroxyl groups is 1. The fourth-order valence-corrected chi connectivity index (χ4v) is 3.65. The molecule has 0 atom stereocenters. The second-order valence-corrected chi connectivity index (χ2v) is 6.76. The van der Waals surface area contributed by atoms with Gasteiger partial charge in [0.25, 0.3) is 0 Å². The van der Waals surface area contributed by atoms with Gasteiger partial charge in [-0.2, -0.15) is 0 Å². The summed E-state index contributed by atoms with van der Waals surface area (Å²) in [5, 5.41) is 9.06. The van der Waals surface area contributed by atoms with Crippen LogP contribution in [0.15, 0.2) is 23.1 Å². The van der Waals surface area contributed by atoms with Gasteiger partial charge in [0.1, 0.15) is 5.75 Å². The van der Waals surface area contributed by atoms with E-state index in [1.165, 1.54) is 13.2 Å². The van der Waals surface area contributed by atoms with Crippen LogP contribution in [0, 0.1) is 0 Å². The molecule has 1 aromatic rings. The third-order valence-corrected chi connectivity index (χ3v) is 5.06. The second kappa shape index (κ2) is 5.11. The summed E-state index contributed by atoms with van der Waals surface area (Å²) in [5.41, 5.74) is 0.258. The first-order chi connectivity index (χ1) is 8.90. The summed E-state index contributed by atoms with van der Waals surface area (Å²) in [4.78, 5) is 0.218. The van der Waals surface area contributed by atoms with Crippen molar-refractivity contribution in [1.29, 1.82) is 0 Å². The molecule has 0 spiro atoms. The lowest BCUT2D eigenvalue weighted by atomic mass is 10.1. The molecule has 0 unspecified atom stereocenters. The third kappa shape index (κ3) is 3.26. The number of rotatable bonds is 6. The SMILES string of the molecule is COc1ccc(S(=O)(=O)NC2(C)CC2)c(CCO)c1. The molecule has 2 rings (SSSR count). The summed E-state index contributed by atoms with van der Waals surface area (Å²) in [6.45, 7) is 1.78. The van der Waals surface area contributed by atoms with Crippen molar-refractivity contribution >= 4 is 10.0 Å². The normalized spacial score (nSPS) is 17.2. The smallest absolute Gasteiger partial charge is 0.241 e. The Labute approximate surface area is 113 Å². The number of sulfonamides is 1. The molecule has 1 aliphatic carbocycles. The van der Waals surface area contributed by atoms with Crippen LogP contribution in [0.1, 0.15) is 25.3 Å². The first kappa shape index (κ1) is 14.3. The molecule has 106 valence electrons. The van der Waals surface area contributed by atoms with Gasteiger partial charge in [-0.25, -0.2) is 13.1 Å². The van der Waals surface area contributed by atoms with E-state index in [0.717, 1.165) is 12.8 Å². The van der Waals surface area contributed by atoms with E-state index in [9.17, 15) is 8.42 Å². The molecule has 5 nitrogen and oxygen atoms in total. The highest BCUT2D eigenvalue weighted by Crippen LogP contribution is 2.36. The predicted octanol–water partition coefficient (Wildman–Crippen LogP) is 1.06. The molecular formula is C13H19NO4S. The second-order valence-electron chi connectivity index (χ2n) is 5.11. The number of methoxy groups -OCH3 is 1. The maximum absolute atomic E-state index is 12.3. The maximum atomic E-state index is 12.3. The van der Waals surface area contributed by atoms with Gasteiger partial charge in [0.2, 0.25) is 10.0 Å². The Morgan fingerprint density at radius 1 is 1.42 bits per heavy atom. The Balaban J connectivity index is 2.36. The molecule has 1 saturated carbocycles. The minimum absolute atomic E-state index is 0.104. The molecule has 0 aromatic heterocycles. The monoisotopic (exact) mass is 285 g/mol. The summed E-state index contributed by atoms with van der Waals surface area (Å²) >= 11 is 0. The standard InChI is InChI=1S/C13H19NO4S/c1-13(6-7-13)14-19(16,17)12-4-3-11(18-2)9-10(12)5-8-15/h3-4,9,14-15H,5-8H2,1-2H3. The van der Waals surface area contributed by atoms with Crippen LogP contribution < -0.4 is 9.46 Å². The first-order valence-corrected chi connectivity index (χ1v) is 7.70. The fourth-order valence-electron chi connectivity index (χ4n) is 1.93. The maximum Gasteiger partial charge on any atom is 0.241 e. The van der Waals surface area contributed by atoms with Gasteiger partial charge in [-0.1, -0.05) is 0 Å². The van der Waals surface area contributed by atoms with Crippen LogP contribution in [0.5, 0.6) is 5.75 Å². The number of ether oxygens (including phenoxy) is 1. The highest BCUT2D eigenvalue weighted by atomic mass is 32.2. The Hall–Kier alpha value is -1.11. The number of benzene rings is 1. The highest BCUT2D eigenvalue weighted by Gasteiger charge is 2.41. The lowest BCUT2D eigenvalue weighted by molar-refractivity contribution is 0.298. The van der Waals surface area contributed by atoms with Gasteiger partial charge in [0, 0.05) is 12.1 Å². The molecule has 0 bridgehead atoms. The van der Waals surface area contributed by atoms with Crippen molar-refractivity contribution in [1.82, 2.24) is 4.72 Å². The van der Waals surface area contributed by atoms with E-state index in [1.807, 2.05) is 6.92 Å². The van der Waals surface area contributed by atoms with E-state index in [2.05, 4.69) is 4.72 Å². The van der Waals surface area contributed by atoms with Gasteiger partial charge in [-0.15, -0.1) is 0 Å². The molecule has 0 radical (unpaired) electrons. The third-order valence-electron chi connectivity index (χ3n) is 3.32. The molecule has 2 N–H and O–H groups in total. The molecule has 6 heteroatoms. The summed E-state index contributed by atoms with van der Waals surface area (Å²) < 4.78 is 32.5. The molecule has 19 heavy (non-hydrogen) atoms. The van der Waals surface area contributed by atoms with Crippen molar-refractivity contribution in [2.24, 2.45) is 0 Å². The Kier molecular flexibility index (Phi) is 3.85. The molecule has 0 saturated heterocycles. The Morgan fingerprint density at radius 2 is 2.11 bits per heavy atom. The van der Waals surface area contributed by atoms with Crippen LogP contribution in [0.3, 0.4) is 0 Å². The summed E-state index contributed by atoms with van der Waals surface area (Å²) in [6.07, 6.45) is 2.00. The summed E-state index contributed by atoms with van der Waals surface area (Å²) in [6, 6.07) is 4.79. The van der Waals surface area contributed by atoms with Gasteiger partial charge < -0.3 is 9.84 Å². The van der Waals surface area contributed by atoms with E-state index in [4.69, 9.17) is 9.84 Å². The quantitative estimate of drug-likeness (QED) is 0.819. The molecule has 1 aliphatic rings. The first-order valence-electron chi connectivity index (χ1n) is 6.22. The van der Waals surface area contributed by atoms with Crippen molar-refractivity contribution in [3.8, 4) is 5.75 Å². The lowest BCUT2D eigenvalue weighted by Gasteiger charge is -2.15. The van der Waals surface area contributed by atoms with Gasteiger partial charge >= 0.3 is 0 Å². The summed E-state index contributed by atoms with van der Waals surface area (Å²) in [5.74, 6) is 0.583. The molecule has 1 aromatic carbocycles. The van der Waals surface area contributed by atoms with Crippen LogP contribution in [-0.4, -0.2) is 32.8 Å². The van der Waals surface area contributed by atoms with E-state index in [0.29, 0.717) is 11.3 Å². The minimum atomic E-state index is -3.55. The van der Waals surface area contributed by atoms with E-state index in [-0.39, 0.29) is 23.5 Å². The number of aliphatic hydroxyl groups excluding tert-OH is 1. The van der Waals surface area contributed by atoms with Crippen molar-refractivity contribution < 1.29 is 18.3 Å². The van der Waals surface area contributed by atoms with Crippen molar-refractivity contribution in [3.05, 3.63) is 23.8 Å². The molecule has 1 fully saturated rings. The topological polar surface area (TPSA) is 75.6 Å². The predicted molar refractivity (Wildman–Crippen MR) is 71.7 cm³/mol. The fraction of sp³-hybridized carbons (Fsp3) is 0.538. The molecular weight excluding hydrogens is 266 g/mol. The average molecular weight is 285 g/mol. The number of nitrogens with one attached hydrogen (secondary N) is 1. The van der Waals surface area contributed by atoms with Crippen LogP contribution >= 0.6 is 0 Å². The van der Waals surface area contributed by atoms with Crippen LogP contribution in [0.25, 0.3) is 0 Å². The van der Waals surface area contributed by atoms with Gasteiger partial charge in [-0.3, -0.25) is 0 Å². The van der Waals surface area contributed by atoms with Crippen LogP contribution in [0.4, 0.5) is 0 Å². The zero-order valence-electron chi connectivity index (χ0n) is 11.1. The van der Waals surface area contributed by atoms with Crippen LogP contribution in [-0.2, 0) is 16.4 Å². The minimum Gasteiger partial charge on any atom is -0.497 e. The van der Waals surface area contributed by atoms with Crippen molar-refractivity contribution in [3.63, 3.8) is 0 Å². The average Bonchev–Trinajstić information content (AvgIpc) is 3.05. The zero-order chi connectivity index (χ0) is 14.1. The Morgan fingerprint density at radius 3 is 2.63 bits per heavy atom.